The van der Waals surface area contributed by atoms with Crippen LogP contribution in [0.1, 0.15) is 11.3 Å². The molecule has 0 aliphatic rings. The molecular formula is C19H13Cl3N6S. The van der Waals surface area contributed by atoms with Gasteiger partial charge in [-0.15, -0.1) is 0 Å². The maximum Gasteiger partial charge on any atom is 0.216 e. The van der Waals surface area contributed by atoms with Gasteiger partial charge in [0.25, 0.3) is 0 Å². The number of benzene rings is 2. The smallest absolute Gasteiger partial charge is 0.216 e. The Bertz CT molecular complexity index is 1290. The Morgan fingerprint density at radius 1 is 1.10 bits per heavy atom. The minimum atomic E-state index is 0.326. The zero-order valence-electron chi connectivity index (χ0n) is 15.0. The first kappa shape index (κ1) is 19.8. The maximum atomic E-state index is 6.56. The van der Waals surface area contributed by atoms with Gasteiger partial charge in [-0.2, -0.15) is 20.0 Å². The lowest BCUT2D eigenvalue weighted by Gasteiger charge is -2.04. The zero-order chi connectivity index (χ0) is 20.5. The maximum absolute atomic E-state index is 6.56. The Kier molecular flexibility index (Phi) is 5.56. The average molecular weight is 464 g/mol. The van der Waals surface area contributed by atoms with Crippen molar-refractivity contribution in [1.82, 2.24) is 24.7 Å². The number of aromatic amines is 1. The molecule has 0 bridgehead atoms. The first-order valence-electron chi connectivity index (χ1n) is 8.43. The number of aromatic nitrogens is 5. The predicted molar refractivity (Wildman–Crippen MR) is 119 cm³/mol. The minimum absolute atomic E-state index is 0.326. The van der Waals surface area contributed by atoms with Gasteiger partial charge in [0.05, 0.1) is 28.2 Å². The first-order valence-corrected chi connectivity index (χ1v) is 9.97. The van der Waals surface area contributed by atoms with Gasteiger partial charge in [-0.25, -0.2) is 9.78 Å². The van der Waals surface area contributed by atoms with Crippen molar-refractivity contribution in [2.24, 2.45) is 5.10 Å². The summed E-state index contributed by atoms with van der Waals surface area (Å²) in [5, 5.41) is 17.5. The molecule has 0 saturated carbocycles. The van der Waals surface area contributed by atoms with E-state index >= 15 is 0 Å². The van der Waals surface area contributed by atoms with E-state index in [-0.39, 0.29) is 0 Å². The molecule has 2 aromatic heterocycles. The van der Waals surface area contributed by atoms with Crippen LogP contribution in [0.5, 0.6) is 0 Å². The Morgan fingerprint density at radius 3 is 2.66 bits per heavy atom. The van der Waals surface area contributed by atoms with Gasteiger partial charge in [-0.3, -0.25) is 0 Å². The van der Waals surface area contributed by atoms with Crippen molar-refractivity contribution >= 4 is 53.2 Å². The van der Waals surface area contributed by atoms with Gasteiger partial charge in [0.2, 0.25) is 4.77 Å². The van der Waals surface area contributed by atoms with E-state index in [9.17, 15) is 0 Å². The van der Waals surface area contributed by atoms with Crippen molar-refractivity contribution < 1.29 is 0 Å². The molecule has 2 aromatic carbocycles. The predicted octanol–water partition coefficient (Wildman–Crippen LogP) is 5.94. The van der Waals surface area contributed by atoms with Gasteiger partial charge >= 0.3 is 0 Å². The molecule has 0 aliphatic heterocycles. The molecule has 10 heteroatoms. The van der Waals surface area contributed by atoms with Crippen LogP contribution < -0.4 is 0 Å². The lowest BCUT2D eigenvalue weighted by Crippen LogP contribution is -1.97. The van der Waals surface area contributed by atoms with Crippen molar-refractivity contribution in [2.45, 2.75) is 6.92 Å². The zero-order valence-corrected chi connectivity index (χ0v) is 18.1. The molecule has 0 fully saturated rings. The highest BCUT2D eigenvalue weighted by Crippen LogP contribution is 2.27. The van der Waals surface area contributed by atoms with Crippen molar-refractivity contribution in [3.63, 3.8) is 0 Å². The summed E-state index contributed by atoms with van der Waals surface area (Å²) in [6.07, 6.45) is 1.59. The third-order valence-corrected chi connectivity index (χ3v) is 5.36. The molecule has 0 saturated heterocycles. The summed E-state index contributed by atoms with van der Waals surface area (Å²) in [4.78, 5) is 0. The average Bonchev–Trinajstić information content (AvgIpc) is 3.20. The number of rotatable bonds is 4. The van der Waals surface area contributed by atoms with Crippen LogP contribution in [0.3, 0.4) is 0 Å². The van der Waals surface area contributed by atoms with Gasteiger partial charge in [0, 0.05) is 10.6 Å². The van der Waals surface area contributed by atoms with E-state index in [0.29, 0.717) is 42.6 Å². The molecule has 0 spiro atoms. The summed E-state index contributed by atoms with van der Waals surface area (Å²) in [5.41, 5.74) is 2.81. The third-order valence-electron chi connectivity index (χ3n) is 4.17. The van der Waals surface area contributed by atoms with E-state index < -0.39 is 0 Å². The van der Waals surface area contributed by atoms with Gasteiger partial charge in [-0.05, 0) is 49.5 Å². The monoisotopic (exact) mass is 462 g/mol. The second-order valence-corrected chi connectivity index (χ2v) is 7.66. The summed E-state index contributed by atoms with van der Waals surface area (Å²) < 4.78 is 3.42. The van der Waals surface area contributed by atoms with Crippen molar-refractivity contribution in [2.75, 3.05) is 0 Å². The van der Waals surface area contributed by atoms with Crippen LogP contribution in [0.15, 0.2) is 53.6 Å². The second-order valence-electron chi connectivity index (χ2n) is 6.07. The van der Waals surface area contributed by atoms with Crippen LogP contribution in [-0.4, -0.2) is 30.9 Å². The summed E-state index contributed by atoms with van der Waals surface area (Å²) in [7, 11) is 0. The highest BCUT2D eigenvalue weighted by atomic mass is 35.5. The number of hydrogen-bond donors (Lipinski definition) is 1. The fraction of sp³-hybridized carbons (Fsp3) is 0.0526. The fourth-order valence-corrected chi connectivity index (χ4v) is 3.67. The van der Waals surface area contributed by atoms with Gasteiger partial charge in [0.1, 0.15) is 5.15 Å². The lowest BCUT2D eigenvalue weighted by molar-refractivity contribution is 0.863. The molecule has 0 aliphatic carbocycles. The largest absolute Gasteiger partial charge is 0.250 e. The molecule has 146 valence electrons. The van der Waals surface area contributed by atoms with Gasteiger partial charge in [-0.1, -0.05) is 53.0 Å². The molecular weight excluding hydrogens is 451 g/mol. The quantitative estimate of drug-likeness (QED) is 0.301. The second kappa shape index (κ2) is 8.12. The topological polar surface area (TPSA) is 63.8 Å². The van der Waals surface area contributed by atoms with E-state index in [0.717, 1.165) is 5.69 Å². The van der Waals surface area contributed by atoms with Gasteiger partial charge < -0.3 is 0 Å². The van der Waals surface area contributed by atoms with E-state index in [2.05, 4.69) is 20.4 Å². The summed E-state index contributed by atoms with van der Waals surface area (Å²) in [5.74, 6) is 0.493. The number of H-pyrrole nitrogens is 1. The van der Waals surface area contributed by atoms with Crippen LogP contribution in [-0.2, 0) is 0 Å². The molecule has 4 aromatic rings. The Balaban J connectivity index is 1.76. The molecule has 29 heavy (non-hydrogen) atoms. The molecule has 2 heterocycles. The number of nitrogens with one attached hydrogen (secondary N) is 1. The van der Waals surface area contributed by atoms with Gasteiger partial charge in [0.15, 0.2) is 5.82 Å². The molecule has 1 N–H and O–H groups in total. The fourth-order valence-electron chi connectivity index (χ4n) is 2.77. The lowest BCUT2D eigenvalue weighted by atomic mass is 10.2. The van der Waals surface area contributed by atoms with Crippen molar-refractivity contribution in [1.29, 1.82) is 0 Å². The SMILES string of the molecule is Cc1nn(-c2cccc(Cl)c2)c(Cl)c1C=Nn1c(-c2ccccc2Cl)n[nH]c1=S. The normalized spacial score (nSPS) is 11.4. The van der Waals surface area contributed by atoms with E-state index in [1.54, 1.807) is 29.1 Å². The molecule has 4 rings (SSSR count). The molecule has 6 nitrogen and oxygen atoms in total. The molecule has 0 amide bonds. The highest BCUT2D eigenvalue weighted by molar-refractivity contribution is 7.71. The Labute approximate surface area is 186 Å². The third kappa shape index (κ3) is 3.86. The number of aryl methyl sites for hydroxylation is 1. The van der Waals surface area contributed by atoms with E-state index in [4.69, 9.17) is 47.0 Å². The first-order chi connectivity index (χ1) is 14.0. The van der Waals surface area contributed by atoms with Crippen LogP contribution in [0.4, 0.5) is 0 Å². The number of nitrogens with zero attached hydrogens (tertiary/aromatic N) is 5. The minimum Gasteiger partial charge on any atom is -0.250 e. The molecule has 0 radical (unpaired) electrons. The van der Waals surface area contributed by atoms with Crippen LogP contribution in [0.25, 0.3) is 17.1 Å². The Hall–Kier alpha value is -2.45. The summed E-state index contributed by atoms with van der Waals surface area (Å²) in [6.45, 7) is 1.85. The number of hydrogen-bond acceptors (Lipinski definition) is 4. The Morgan fingerprint density at radius 2 is 1.90 bits per heavy atom. The number of halogens is 3. The highest BCUT2D eigenvalue weighted by Gasteiger charge is 2.15. The van der Waals surface area contributed by atoms with Crippen LogP contribution in [0.2, 0.25) is 15.2 Å². The molecule has 0 unspecified atom stereocenters. The van der Waals surface area contributed by atoms with E-state index in [1.807, 2.05) is 37.3 Å². The van der Waals surface area contributed by atoms with Crippen molar-refractivity contribution in [3.8, 4) is 17.1 Å². The molecule has 0 atom stereocenters. The summed E-state index contributed by atoms with van der Waals surface area (Å²) >= 11 is 24.3. The summed E-state index contributed by atoms with van der Waals surface area (Å²) in [6, 6.07) is 14.6. The van der Waals surface area contributed by atoms with Crippen LogP contribution in [0, 0.1) is 11.7 Å². The standard InChI is InChI=1S/C19H13Cl3N6S/c1-11-15(17(22)27(26-11)13-6-4-5-12(20)9-13)10-23-28-18(24-25-19(28)29)14-7-2-3-8-16(14)21/h2-10H,1H3,(H,25,29). The van der Waals surface area contributed by atoms with Crippen LogP contribution >= 0.6 is 47.0 Å². The van der Waals surface area contributed by atoms with E-state index in [1.165, 1.54) is 4.68 Å². The van der Waals surface area contributed by atoms with Crippen molar-refractivity contribution in [3.05, 3.63) is 79.8 Å².